The molecule has 0 atom stereocenters. The summed E-state index contributed by atoms with van der Waals surface area (Å²) in [5.41, 5.74) is 2.67. The summed E-state index contributed by atoms with van der Waals surface area (Å²) >= 11 is 0. The van der Waals surface area contributed by atoms with Crippen LogP contribution in [-0.2, 0) is 6.54 Å². The van der Waals surface area contributed by atoms with Crippen LogP contribution in [0.1, 0.15) is 26.7 Å². The second-order valence-electron chi connectivity index (χ2n) is 7.09. The van der Waals surface area contributed by atoms with E-state index in [4.69, 9.17) is 0 Å². The molecule has 2 heterocycles. The number of nitrogens with one attached hydrogen (secondary N) is 1. The van der Waals surface area contributed by atoms with Gasteiger partial charge in [0.15, 0.2) is 5.96 Å². The normalized spacial score (nSPS) is 17.9. The number of para-hydroxylation sites is 2. The lowest BCUT2D eigenvalue weighted by molar-refractivity contribution is 0.370. The average Bonchev–Trinajstić information content (AvgIpc) is 3.11. The van der Waals surface area contributed by atoms with Crippen LogP contribution < -0.4 is 5.32 Å². The number of imidazole rings is 1. The third-order valence-corrected chi connectivity index (χ3v) is 4.58. The number of fused-ring (bicyclic) bond motifs is 1. The SMILES string of the molecule is CN=C(NCCCn1cnc2ccccc21)N1CCC(C)(C)C1. The molecule has 0 aliphatic carbocycles. The zero-order chi connectivity index (χ0) is 16.3. The molecule has 0 spiro atoms. The first kappa shape index (κ1) is 15.8. The summed E-state index contributed by atoms with van der Waals surface area (Å²) in [6, 6.07) is 8.28. The summed E-state index contributed by atoms with van der Waals surface area (Å²) in [6.07, 6.45) is 4.22. The zero-order valence-corrected chi connectivity index (χ0v) is 14.4. The van der Waals surface area contributed by atoms with Crippen LogP contribution >= 0.6 is 0 Å². The van der Waals surface area contributed by atoms with Gasteiger partial charge in [-0.2, -0.15) is 0 Å². The van der Waals surface area contributed by atoms with Crippen LogP contribution in [0.2, 0.25) is 0 Å². The molecule has 5 heteroatoms. The summed E-state index contributed by atoms with van der Waals surface area (Å²) in [6.45, 7) is 8.72. The summed E-state index contributed by atoms with van der Waals surface area (Å²) in [4.78, 5) is 11.2. The van der Waals surface area contributed by atoms with Gasteiger partial charge in [-0.15, -0.1) is 0 Å². The Bertz CT molecular complexity index is 686. The van der Waals surface area contributed by atoms with E-state index in [0.29, 0.717) is 5.41 Å². The molecule has 2 aromatic rings. The molecule has 0 bridgehead atoms. The van der Waals surface area contributed by atoms with Crippen molar-refractivity contribution in [1.29, 1.82) is 0 Å². The Morgan fingerprint density at radius 2 is 2.17 bits per heavy atom. The standard InChI is InChI=1S/C18H27N5/c1-18(2)9-12-22(13-18)17(19-3)20-10-6-11-23-14-21-15-7-4-5-8-16(15)23/h4-5,7-8,14H,6,9-13H2,1-3H3,(H,19,20). The van der Waals surface area contributed by atoms with Crippen LogP contribution in [0.25, 0.3) is 11.0 Å². The lowest BCUT2D eigenvalue weighted by Gasteiger charge is -2.23. The van der Waals surface area contributed by atoms with Gasteiger partial charge in [0.25, 0.3) is 0 Å². The van der Waals surface area contributed by atoms with Crippen LogP contribution in [0.5, 0.6) is 0 Å². The number of rotatable bonds is 4. The van der Waals surface area contributed by atoms with Crippen LogP contribution in [0.4, 0.5) is 0 Å². The minimum Gasteiger partial charge on any atom is -0.356 e. The molecule has 5 nitrogen and oxygen atoms in total. The quantitative estimate of drug-likeness (QED) is 0.536. The highest BCUT2D eigenvalue weighted by Gasteiger charge is 2.30. The fraction of sp³-hybridized carbons (Fsp3) is 0.556. The maximum absolute atomic E-state index is 4.44. The van der Waals surface area contributed by atoms with Gasteiger partial charge in [0.2, 0.25) is 0 Å². The van der Waals surface area contributed by atoms with E-state index in [1.807, 2.05) is 19.4 Å². The lowest BCUT2D eigenvalue weighted by atomic mass is 9.93. The number of hydrogen-bond donors (Lipinski definition) is 1. The van der Waals surface area contributed by atoms with Crippen molar-refractivity contribution < 1.29 is 0 Å². The fourth-order valence-electron chi connectivity index (χ4n) is 3.26. The van der Waals surface area contributed by atoms with Gasteiger partial charge in [0.1, 0.15) is 0 Å². The van der Waals surface area contributed by atoms with E-state index in [-0.39, 0.29) is 0 Å². The molecule has 3 rings (SSSR count). The van der Waals surface area contributed by atoms with Crippen LogP contribution in [-0.4, -0.2) is 47.1 Å². The molecule has 1 fully saturated rings. The minimum atomic E-state index is 0.396. The molecule has 1 aromatic heterocycles. The molecule has 1 saturated heterocycles. The summed E-state index contributed by atoms with van der Waals surface area (Å²) in [7, 11) is 1.87. The van der Waals surface area contributed by atoms with Crippen LogP contribution in [0.3, 0.4) is 0 Å². The highest BCUT2D eigenvalue weighted by Crippen LogP contribution is 2.28. The van der Waals surface area contributed by atoms with E-state index < -0.39 is 0 Å². The van der Waals surface area contributed by atoms with E-state index in [2.05, 4.69) is 56.8 Å². The van der Waals surface area contributed by atoms with Gasteiger partial charge < -0.3 is 14.8 Å². The average molecular weight is 313 g/mol. The number of benzene rings is 1. The van der Waals surface area contributed by atoms with Gasteiger partial charge >= 0.3 is 0 Å². The van der Waals surface area contributed by atoms with Crippen molar-refractivity contribution in [3.63, 3.8) is 0 Å². The number of aliphatic imine (C=N–C) groups is 1. The van der Waals surface area contributed by atoms with E-state index in [0.717, 1.165) is 44.1 Å². The molecule has 0 amide bonds. The van der Waals surface area contributed by atoms with Gasteiger partial charge in [-0.1, -0.05) is 26.0 Å². The van der Waals surface area contributed by atoms with E-state index in [1.165, 1.54) is 11.9 Å². The Labute approximate surface area is 138 Å². The Balaban J connectivity index is 1.49. The summed E-state index contributed by atoms with van der Waals surface area (Å²) < 4.78 is 2.22. The largest absolute Gasteiger partial charge is 0.356 e. The molecule has 0 saturated carbocycles. The lowest BCUT2D eigenvalue weighted by Crippen LogP contribution is -2.41. The van der Waals surface area contributed by atoms with Crippen molar-refractivity contribution >= 4 is 17.0 Å². The summed E-state index contributed by atoms with van der Waals surface area (Å²) in [5, 5.41) is 3.50. The molecule has 1 aliphatic heterocycles. The molecule has 124 valence electrons. The van der Waals surface area contributed by atoms with Crippen molar-refractivity contribution in [3.05, 3.63) is 30.6 Å². The molecule has 0 radical (unpaired) electrons. The number of likely N-dealkylation sites (tertiary alicyclic amines) is 1. The Morgan fingerprint density at radius 3 is 2.91 bits per heavy atom. The molecule has 1 N–H and O–H groups in total. The maximum Gasteiger partial charge on any atom is 0.193 e. The minimum absolute atomic E-state index is 0.396. The van der Waals surface area contributed by atoms with Crippen molar-refractivity contribution in [2.24, 2.45) is 10.4 Å². The predicted molar refractivity (Wildman–Crippen MR) is 95.7 cm³/mol. The highest BCUT2D eigenvalue weighted by molar-refractivity contribution is 5.80. The maximum atomic E-state index is 4.44. The second kappa shape index (κ2) is 6.60. The summed E-state index contributed by atoms with van der Waals surface area (Å²) in [5.74, 6) is 1.03. The van der Waals surface area contributed by atoms with Crippen molar-refractivity contribution in [3.8, 4) is 0 Å². The van der Waals surface area contributed by atoms with E-state index in [9.17, 15) is 0 Å². The van der Waals surface area contributed by atoms with E-state index in [1.54, 1.807) is 0 Å². The Morgan fingerprint density at radius 1 is 1.35 bits per heavy atom. The predicted octanol–water partition coefficient (Wildman–Crippen LogP) is 2.73. The number of aryl methyl sites for hydroxylation is 1. The Kier molecular flexibility index (Phi) is 4.55. The first-order valence-corrected chi connectivity index (χ1v) is 8.44. The van der Waals surface area contributed by atoms with Gasteiger partial charge in [0, 0.05) is 33.2 Å². The Hall–Kier alpha value is -2.04. The van der Waals surface area contributed by atoms with Crippen LogP contribution in [0.15, 0.2) is 35.6 Å². The topological polar surface area (TPSA) is 45.5 Å². The van der Waals surface area contributed by atoms with Gasteiger partial charge in [0.05, 0.1) is 17.4 Å². The second-order valence-corrected chi connectivity index (χ2v) is 7.09. The molecule has 1 aliphatic rings. The van der Waals surface area contributed by atoms with Crippen molar-refractivity contribution in [2.75, 3.05) is 26.7 Å². The molecular weight excluding hydrogens is 286 g/mol. The number of guanidine groups is 1. The molecule has 0 unspecified atom stereocenters. The van der Waals surface area contributed by atoms with Gasteiger partial charge in [-0.05, 0) is 30.4 Å². The van der Waals surface area contributed by atoms with Crippen LogP contribution in [0, 0.1) is 5.41 Å². The number of nitrogens with zero attached hydrogens (tertiary/aromatic N) is 4. The molecular formula is C18H27N5. The van der Waals surface area contributed by atoms with Crippen molar-refractivity contribution in [1.82, 2.24) is 19.8 Å². The van der Waals surface area contributed by atoms with Gasteiger partial charge in [-0.3, -0.25) is 4.99 Å². The monoisotopic (exact) mass is 313 g/mol. The van der Waals surface area contributed by atoms with E-state index >= 15 is 0 Å². The molecule has 23 heavy (non-hydrogen) atoms. The number of aromatic nitrogens is 2. The zero-order valence-electron chi connectivity index (χ0n) is 14.4. The first-order valence-electron chi connectivity index (χ1n) is 8.44. The molecule has 1 aromatic carbocycles. The third-order valence-electron chi connectivity index (χ3n) is 4.58. The van der Waals surface area contributed by atoms with Crippen molar-refractivity contribution in [2.45, 2.75) is 33.2 Å². The highest BCUT2D eigenvalue weighted by atomic mass is 15.3. The fourth-order valence-corrected chi connectivity index (χ4v) is 3.26. The number of hydrogen-bond acceptors (Lipinski definition) is 2. The first-order chi connectivity index (χ1) is 11.1. The van der Waals surface area contributed by atoms with Gasteiger partial charge in [-0.25, -0.2) is 4.98 Å². The smallest absolute Gasteiger partial charge is 0.193 e. The third kappa shape index (κ3) is 3.66.